The molecular formula is C22H40O2. The molecule has 2 heteroatoms. The van der Waals surface area contributed by atoms with Gasteiger partial charge in [0.1, 0.15) is 0 Å². The standard InChI is InChI=1S/C19H34O2.C3H6/c1-3-4-5-6-7-8-9-10-11-12-13-14-15-16-17-18-19(20)21-2;1-3-2/h7-8,10-11H,3-6,9,12-18H2,1-2H3;3H,1H2,2H3/b8-7-,11-10-;. The highest BCUT2D eigenvalue weighted by Gasteiger charge is 1.98. The van der Waals surface area contributed by atoms with Gasteiger partial charge in [0.05, 0.1) is 7.11 Å². The fourth-order valence-corrected chi connectivity index (χ4v) is 2.18. The maximum atomic E-state index is 10.9. The summed E-state index contributed by atoms with van der Waals surface area (Å²) in [6.07, 6.45) is 24.8. The smallest absolute Gasteiger partial charge is 0.305 e. The minimum absolute atomic E-state index is 0.0827. The molecule has 24 heavy (non-hydrogen) atoms. The number of esters is 1. The first-order valence-electron chi connectivity index (χ1n) is 9.66. The molecule has 0 heterocycles. The quantitative estimate of drug-likeness (QED) is 0.191. The van der Waals surface area contributed by atoms with Gasteiger partial charge in [-0.15, -0.1) is 6.58 Å². The zero-order valence-electron chi connectivity index (χ0n) is 16.4. The molecule has 0 saturated carbocycles. The van der Waals surface area contributed by atoms with E-state index in [0.29, 0.717) is 6.42 Å². The van der Waals surface area contributed by atoms with Crippen LogP contribution in [0.1, 0.15) is 90.9 Å². The average Bonchev–Trinajstić information content (AvgIpc) is 2.58. The normalized spacial score (nSPS) is 10.6. The van der Waals surface area contributed by atoms with E-state index in [2.05, 4.69) is 42.5 Å². The maximum absolute atomic E-state index is 10.9. The molecule has 0 aliphatic carbocycles. The highest BCUT2D eigenvalue weighted by atomic mass is 16.5. The molecule has 0 aromatic heterocycles. The first-order valence-corrected chi connectivity index (χ1v) is 9.66. The summed E-state index contributed by atoms with van der Waals surface area (Å²) < 4.78 is 4.62. The SMILES string of the molecule is C=CC.CCCCC/C=C\C/C=C\CCCCCCCC(=O)OC. The van der Waals surface area contributed by atoms with Crippen molar-refractivity contribution in [1.29, 1.82) is 0 Å². The van der Waals surface area contributed by atoms with Crippen molar-refractivity contribution in [3.05, 3.63) is 37.0 Å². The van der Waals surface area contributed by atoms with E-state index < -0.39 is 0 Å². The molecule has 0 rings (SSSR count). The number of allylic oxidation sites excluding steroid dienone is 5. The number of hydrogen-bond acceptors (Lipinski definition) is 2. The number of carbonyl (C=O) groups is 1. The summed E-state index contributed by atoms with van der Waals surface area (Å²) in [6.45, 7) is 7.49. The molecule has 2 nitrogen and oxygen atoms in total. The molecule has 0 unspecified atom stereocenters. The molecule has 0 spiro atoms. The third-order valence-electron chi connectivity index (χ3n) is 3.56. The van der Waals surface area contributed by atoms with Crippen LogP contribution in [-0.4, -0.2) is 13.1 Å². The summed E-state index contributed by atoms with van der Waals surface area (Å²) >= 11 is 0. The minimum atomic E-state index is -0.0827. The molecule has 0 bridgehead atoms. The van der Waals surface area contributed by atoms with E-state index in [9.17, 15) is 4.79 Å². The number of ether oxygens (including phenoxy) is 1. The lowest BCUT2D eigenvalue weighted by atomic mass is 10.1. The number of unbranched alkanes of at least 4 members (excludes halogenated alkanes) is 8. The lowest BCUT2D eigenvalue weighted by Gasteiger charge is -1.99. The minimum Gasteiger partial charge on any atom is -0.469 e. The van der Waals surface area contributed by atoms with Crippen LogP contribution in [0.2, 0.25) is 0 Å². The maximum Gasteiger partial charge on any atom is 0.305 e. The van der Waals surface area contributed by atoms with Gasteiger partial charge in [-0.25, -0.2) is 0 Å². The van der Waals surface area contributed by atoms with Gasteiger partial charge in [-0.3, -0.25) is 4.79 Å². The Balaban J connectivity index is 0. The Morgan fingerprint density at radius 3 is 1.92 bits per heavy atom. The lowest BCUT2D eigenvalue weighted by Crippen LogP contribution is -1.98. The van der Waals surface area contributed by atoms with Crippen molar-refractivity contribution in [3.63, 3.8) is 0 Å². The van der Waals surface area contributed by atoms with Gasteiger partial charge in [0.15, 0.2) is 0 Å². The van der Waals surface area contributed by atoms with Crippen LogP contribution in [0.4, 0.5) is 0 Å². The summed E-state index contributed by atoms with van der Waals surface area (Å²) in [5, 5.41) is 0. The molecule has 0 saturated heterocycles. The van der Waals surface area contributed by atoms with Gasteiger partial charge in [-0.1, -0.05) is 69.4 Å². The predicted octanol–water partition coefficient (Wildman–Crippen LogP) is 7.17. The van der Waals surface area contributed by atoms with Crippen LogP contribution in [0.5, 0.6) is 0 Å². The van der Waals surface area contributed by atoms with Gasteiger partial charge in [-0.2, -0.15) is 0 Å². The van der Waals surface area contributed by atoms with Gasteiger partial charge in [0, 0.05) is 6.42 Å². The van der Waals surface area contributed by atoms with Crippen molar-refractivity contribution in [1.82, 2.24) is 0 Å². The van der Waals surface area contributed by atoms with E-state index in [1.54, 1.807) is 6.08 Å². The Morgan fingerprint density at radius 1 is 0.875 bits per heavy atom. The molecule has 0 radical (unpaired) electrons. The Kier molecular flexibility index (Phi) is 24.9. The van der Waals surface area contributed by atoms with Crippen LogP contribution >= 0.6 is 0 Å². The van der Waals surface area contributed by atoms with E-state index in [1.807, 2.05) is 6.92 Å². The first kappa shape index (κ1) is 24.9. The molecule has 0 amide bonds. The topological polar surface area (TPSA) is 26.3 Å². The van der Waals surface area contributed by atoms with Gasteiger partial charge in [0.2, 0.25) is 0 Å². The van der Waals surface area contributed by atoms with Gasteiger partial charge < -0.3 is 4.74 Å². The predicted molar refractivity (Wildman–Crippen MR) is 107 cm³/mol. The van der Waals surface area contributed by atoms with Gasteiger partial charge in [-0.05, 0) is 45.4 Å². The number of methoxy groups -OCH3 is 1. The molecule has 0 aliphatic rings. The van der Waals surface area contributed by atoms with E-state index in [-0.39, 0.29) is 5.97 Å². The number of hydrogen-bond donors (Lipinski definition) is 0. The third-order valence-corrected chi connectivity index (χ3v) is 3.56. The molecule has 0 aliphatic heterocycles. The zero-order valence-corrected chi connectivity index (χ0v) is 16.4. The van der Waals surface area contributed by atoms with Crippen molar-refractivity contribution >= 4 is 5.97 Å². The summed E-state index contributed by atoms with van der Waals surface area (Å²) in [7, 11) is 1.45. The Labute approximate surface area is 151 Å². The van der Waals surface area contributed by atoms with Gasteiger partial charge >= 0.3 is 5.97 Å². The van der Waals surface area contributed by atoms with E-state index in [4.69, 9.17) is 0 Å². The Morgan fingerprint density at radius 2 is 1.38 bits per heavy atom. The van der Waals surface area contributed by atoms with E-state index >= 15 is 0 Å². The van der Waals surface area contributed by atoms with E-state index in [0.717, 1.165) is 19.3 Å². The Bertz CT molecular complexity index is 316. The molecule has 0 fully saturated rings. The molecule has 0 N–H and O–H groups in total. The monoisotopic (exact) mass is 336 g/mol. The van der Waals surface area contributed by atoms with E-state index in [1.165, 1.54) is 58.5 Å². The van der Waals surface area contributed by atoms with Crippen molar-refractivity contribution < 1.29 is 9.53 Å². The van der Waals surface area contributed by atoms with Crippen LogP contribution in [0.25, 0.3) is 0 Å². The number of carbonyl (C=O) groups excluding carboxylic acids is 1. The second-order valence-electron chi connectivity index (χ2n) is 5.97. The molecular weight excluding hydrogens is 296 g/mol. The van der Waals surface area contributed by atoms with Crippen LogP contribution in [0.15, 0.2) is 37.0 Å². The summed E-state index contributed by atoms with van der Waals surface area (Å²) in [4.78, 5) is 10.9. The Hall–Kier alpha value is -1.31. The highest BCUT2D eigenvalue weighted by Crippen LogP contribution is 2.08. The highest BCUT2D eigenvalue weighted by molar-refractivity contribution is 5.68. The second kappa shape index (κ2) is 23.9. The second-order valence-corrected chi connectivity index (χ2v) is 5.97. The molecule has 0 atom stereocenters. The van der Waals surface area contributed by atoms with Crippen LogP contribution in [0, 0.1) is 0 Å². The number of rotatable bonds is 14. The fraction of sp³-hybridized carbons (Fsp3) is 0.682. The fourth-order valence-electron chi connectivity index (χ4n) is 2.18. The molecule has 140 valence electrons. The average molecular weight is 337 g/mol. The van der Waals surface area contributed by atoms with Crippen molar-refractivity contribution in [2.75, 3.05) is 7.11 Å². The van der Waals surface area contributed by atoms with Crippen LogP contribution in [0.3, 0.4) is 0 Å². The largest absolute Gasteiger partial charge is 0.469 e. The third kappa shape index (κ3) is 25.6. The zero-order chi connectivity index (χ0) is 18.3. The molecule has 0 aromatic carbocycles. The van der Waals surface area contributed by atoms with Crippen LogP contribution < -0.4 is 0 Å². The first-order chi connectivity index (χ1) is 11.7. The van der Waals surface area contributed by atoms with Crippen LogP contribution in [-0.2, 0) is 9.53 Å². The summed E-state index contributed by atoms with van der Waals surface area (Å²) in [5.74, 6) is -0.0827. The summed E-state index contributed by atoms with van der Waals surface area (Å²) in [6, 6.07) is 0. The molecule has 0 aromatic rings. The van der Waals surface area contributed by atoms with Crippen molar-refractivity contribution in [2.24, 2.45) is 0 Å². The lowest BCUT2D eigenvalue weighted by molar-refractivity contribution is -0.140. The van der Waals surface area contributed by atoms with Gasteiger partial charge in [0.25, 0.3) is 0 Å². The van der Waals surface area contributed by atoms with Crippen molar-refractivity contribution in [3.8, 4) is 0 Å². The van der Waals surface area contributed by atoms with Crippen molar-refractivity contribution in [2.45, 2.75) is 90.9 Å². The summed E-state index contributed by atoms with van der Waals surface area (Å²) in [5.41, 5.74) is 0.